The molecule has 1 aliphatic carbocycles. The average molecular weight is 276 g/mol. The van der Waals surface area contributed by atoms with Crippen LogP contribution in [0.3, 0.4) is 0 Å². The van der Waals surface area contributed by atoms with Crippen LogP contribution in [0.15, 0.2) is 30.3 Å². The Balaban J connectivity index is 1.98. The fourth-order valence-corrected chi connectivity index (χ4v) is 2.47. The lowest BCUT2D eigenvalue weighted by molar-refractivity contribution is -0.131. The lowest BCUT2D eigenvalue weighted by Crippen LogP contribution is -2.29. The van der Waals surface area contributed by atoms with Gasteiger partial charge in [-0.3, -0.25) is 0 Å². The van der Waals surface area contributed by atoms with Crippen LogP contribution in [0.25, 0.3) is 6.08 Å². The molecule has 4 nitrogen and oxygen atoms in total. The molecule has 0 aliphatic heterocycles. The van der Waals surface area contributed by atoms with Crippen molar-refractivity contribution in [1.29, 1.82) is 0 Å². The molecule has 4 heteroatoms. The van der Waals surface area contributed by atoms with Gasteiger partial charge in [0.1, 0.15) is 11.9 Å². The zero-order chi connectivity index (χ0) is 14.4. The molecule has 1 aromatic rings. The molecule has 2 rings (SSSR count). The van der Waals surface area contributed by atoms with Crippen molar-refractivity contribution in [1.82, 2.24) is 0 Å². The number of methoxy groups -OCH3 is 1. The van der Waals surface area contributed by atoms with Gasteiger partial charge in [-0.2, -0.15) is 0 Å². The predicted molar refractivity (Wildman–Crippen MR) is 76.8 cm³/mol. The number of rotatable bonds is 5. The monoisotopic (exact) mass is 276 g/mol. The predicted octanol–water partition coefficient (Wildman–Crippen LogP) is 3.12. The molecule has 20 heavy (non-hydrogen) atoms. The van der Waals surface area contributed by atoms with E-state index in [-0.39, 0.29) is 12.2 Å². The minimum Gasteiger partial charge on any atom is -0.490 e. The van der Waals surface area contributed by atoms with E-state index in [1.165, 1.54) is 0 Å². The second kappa shape index (κ2) is 7.10. The van der Waals surface area contributed by atoms with E-state index in [1.807, 2.05) is 24.3 Å². The Kier molecular flexibility index (Phi) is 5.18. The zero-order valence-corrected chi connectivity index (χ0v) is 11.6. The van der Waals surface area contributed by atoms with Crippen LogP contribution in [0.2, 0.25) is 0 Å². The van der Waals surface area contributed by atoms with Crippen LogP contribution in [0.5, 0.6) is 5.75 Å². The average Bonchev–Trinajstić information content (AvgIpc) is 2.46. The quantitative estimate of drug-likeness (QED) is 0.839. The summed E-state index contributed by atoms with van der Waals surface area (Å²) in [6.45, 7) is 0. The Bertz CT molecular complexity index is 481. The SMILES string of the molecule is COC1CCCC(Oc2cccc(C=CC(=O)O)c2)C1. The first kappa shape index (κ1) is 14.6. The Hall–Kier alpha value is -1.81. The summed E-state index contributed by atoms with van der Waals surface area (Å²) in [6.07, 6.45) is 7.30. The minimum absolute atomic E-state index is 0.174. The Morgan fingerprint density at radius 1 is 1.35 bits per heavy atom. The summed E-state index contributed by atoms with van der Waals surface area (Å²) in [4.78, 5) is 10.5. The molecule has 0 aromatic heterocycles. The van der Waals surface area contributed by atoms with Crippen molar-refractivity contribution in [3.63, 3.8) is 0 Å². The van der Waals surface area contributed by atoms with E-state index in [1.54, 1.807) is 13.2 Å². The van der Waals surface area contributed by atoms with Crippen molar-refractivity contribution in [3.8, 4) is 5.75 Å². The van der Waals surface area contributed by atoms with Crippen LogP contribution >= 0.6 is 0 Å². The van der Waals surface area contributed by atoms with Gasteiger partial charge >= 0.3 is 5.97 Å². The summed E-state index contributed by atoms with van der Waals surface area (Å²) < 4.78 is 11.4. The number of carboxylic acids is 1. The van der Waals surface area contributed by atoms with Gasteiger partial charge in [0.05, 0.1) is 6.10 Å². The van der Waals surface area contributed by atoms with Crippen molar-refractivity contribution >= 4 is 12.0 Å². The van der Waals surface area contributed by atoms with Crippen LogP contribution < -0.4 is 4.74 Å². The second-order valence-electron chi connectivity index (χ2n) is 5.01. The summed E-state index contributed by atoms with van der Waals surface area (Å²) in [5, 5.41) is 8.63. The van der Waals surface area contributed by atoms with Gasteiger partial charge in [-0.15, -0.1) is 0 Å². The zero-order valence-electron chi connectivity index (χ0n) is 11.6. The maximum absolute atomic E-state index is 10.5. The largest absolute Gasteiger partial charge is 0.490 e. The van der Waals surface area contributed by atoms with Crippen molar-refractivity contribution in [2.24, 2.45) is 0 Å². The molecule has 108 valence electrons. The van der Waals surface area contributed by atoms with Crippen molar-refractivity contribution < 1.29 is 19.4 Å². The fourth-order valence-electron chi connectivity index (χ4n) is 2.47. The molecular weight excluding hydrogens is 256 g/mol. The standard InChI is InChI=1S/C16H20O4/c1-19-13-5-3-7-15(11-13)20-14-6-2-4-12(10-14)8-9-16(17)18/h2,4,6,8-10,13,15H,3,5,7,11H2,1H3,(H,17,18). The molecule has 2 atom stereocenters. The number of hydrogen-bond donors (Lipinski definition) is 1. The van der Waals surface area contributed by atoms with Crippen LogP contribution in [0.4, 0.5) is 0 Å². The molecule has 0 radical (unpaired) electrons. The molecule has 2 unspecified atom stereocenters. The number of benzene rings is 1. The molecule has 1 saturated carbocycles. The fraction of sp³-hybridized carbons (Fsp3) is 0.438. The van der Waals surface area contributed by atoms with Gasteiger partial charge in [0.2, 0.25) is 0 Å². The number of aliphatic carboxylic acids is 1. The van der Waals surface area contributed by atoms with Crippen molar-refractivity contribution in [2.75, 3.05) is 7.11 Å². The first-order valence-electron chi connectivity index (χ1n) is 6.88. The number of ether oxygens (including phenoxy) is 2. The van der Waals surface area contributed by atoms with E-state index in [9.17, 15) is 4.79 Å². The molecule has 0 heterocycles. The highest BCUT2D eigenvalue weighted by atomic mass is 16.5. The lowest BCUT2D eigenvalue weighted by Gasteiger charge is -2.28. The van der Waals surface area contributed by atoms with Gasteiger partial charge < -0.3 is 14.6 Å². The highest BCUT2D eigenvalue weighted by Gasteiger charge is 2.22. The van der Waals surface area contributed by atoms with Crippen molar-refractivity contribution in [2.45, 2.75) is 37.9 Å². The van der Waals surface area contributed by atoms with Crippen LogP contribution in [0.1, 0.15) is 31.2 Å². The Morgan fingerprint density at radius 2 is 2.15 bits per heavy atom. The molecule has 0 amide bonds. The summed E-state index contributed by atoms with van der Waals surface area (Å²) in [5.74, 6) is -0.175. The number of hydrogen-bond acceptors (Lipinski definition) is 3. The summed E-state index contributed by atoms with van der Waals surface area (Å²) in [7, 11) is 1.74. The summed E-state index contributed by atoms with van der Waals surface area (Å²) >= 11 is 0. The molecule has 0 saturated heterocycles. The molecule has 0 spiro atoms. The third kappa shape index (κ3) is 4.38. The highest BCUT2D eigenvalue weighted by molar-refractivity contribution is 5.85. The van der Waals surface area contributed by atoms with Crippen LogP contribution in [-0.4, -0.2) is 30.4 Å². The van der Waals surface area contributed by atoms with Gasteiger partial charge in [0, 0.05) is 19.6 Å². The normalized spacial score (nSPS) is 22.9. The minimum atomic E-state index is -0.952. The molecule has 1 fully saturated rings. The highest BCUT2D eigenvalue weighted by Crippen LogP contribution is 2.25. The Morgan fingerprint density at radius 3 is 2.90 bits per heavy atom. The lowest BCUT2D eigenvalue weighted by atomic mass is 9.95. The van der Waals surface area contributed by atoms with E-state index in [4.69, 9.17) is 14.6 Å². The van der Waals surface area contributed by atoms with Gasteiger partial charge in [-0.1, -0.05) is 12.1 Å². The third-order valence-electron chi connectivity index (χ3n) is 3.49. The van der Waals surface area contributed by atoms with Gasteiger partial charge in [0.25, 0.3) is 0 Å². The van der Waals surface area contributed by atoms with Crippen molar-refractivity contribution in [3.05, 3.63) is 35.9 Å². The van der Waals surface area contributed by atoms with E-state index >= 15 is 0 Å². The maximum atomic E-state index is 10.5. The Labute approximate surface area is 119 Å². The van der Waals surface area contributed by atoms with E-state index < -0.39 is 5.97 Å². The van der Waals surface area contributed by atoms with Gasteiger partial charge in [0.15, 0.2) is 0 Å². The van der Waals surface area contributed by atoms with Crippen LogP contribution in [0, 0.1) is 0 Å². The summed E-state index contributed by atoms with van der Waals surface area (Å²) in [6, 6.07) is 7.48. The first-order valence-corrected chi connectivity index (χ1v) is 6.88. The topological polar surface area (TPSA) is 55.8 Å². The molecule has 1 aliphatic rings. The van der Waals surface area contributed by atoms with Crippen LogP contribution in [-0.2, 0) is 9.53 Å². The smallest absolute Gasteiger partial charge is 0.328 e. The van der Waals surface area contributed by atoms with Gasteiger partial charge in [-0.25, -0.2) is 4.79 Å². The van der Waals surface area contributed by atoms with E-state index in [2.05, 4.69) is 0 Å². The summed E-state index contributed by atoms with van der Waals surface area (Å²) in [5.41, 5.74) is 0.823. The molecular formula is C16H20O4. The number of carbonyl (C=O) groups is 1. The third-order valence-corrected chi connectivity index (χ3v) is 3.49. The molecule has 1 N–H and O–H groups in total. The van der Waals surface area contributed by atoms with Gasteiger partial charge in [-0.05, 0) is 43.0 Å². The molecule has 1 aromatic carbocycles. The number of carboxylic acid groups (broad SMARTS) is 1. The van der Waals surface area contributed by atoms with E-state index in [0.717, 1.165) is 43.1 Å². The second-order valence-corrected chi connectivity index (χ2v) is 5.01. The van der Waals surface area contributed by atoms with E-state index in [0.29, 0.717) is 0 Å². The maximum Gasteiger partial charge on any atom is 0.328 e. The molecule has 0 bridgehead atoms. The first-order chi connectivity index (χ1) is 9.67.